The summed E-state index contributed by atoms with van der Waals surface area (Å²) in [6.45, 7) is 4.66. The second-order valence-corrected chi connectivity index (χ2v) is 5.63. The molecule has 2 rings (SSSR count). The Morgan fingerprint density at radius 2 is 2.05 bits per heavy atom. The van der Waals surface area contributed by atoms with Crippen LogP contribution < -0.4 is 5.32 Å². The van der Waals surface area contributed by atoms with E-state index in [-0.39, 0.29) is 0 Å². The highest BCUT2D eigenvalue weighted by Gasteiger charge is 2.31. The monoisotopic (exact) mass is 298 g/mol. The summed E-state index contributed by atoms with van der Waals surface area (Å²) in [5.41, 5.74) is 1.17. The minimum Gasteiger partial charge on any atom is -0.295 e. The molecule has 0 saturated heterocycles. The first kappa shape index (κ1) is 15.5. The molecule has 1 aromatic carbocycles. The zero-order valence-electron chi connectivity index (χ0n) is 12.2. The van der Waals surface area contributed by atoms with Crippen LogP contribution in [0.15, 0.2) is 47.8 Å². The Morgan fingerprint density at radius 1 is 1.29 bits per heavy atom. The predicted molar refractivity (Wildman–Crippen MR) is 84.9 cm³/mol. The Bertz CT molecular complexity index is 624. The molecule has 5 heteroatoms. The maximum Gasteiger partial charge on any atom is 0.187 e. The van der Waals surface area contributed by atoms with Crippen molar-refractivity contribution in [1.82, 2.24) is 15.3 Å². The van der Waals surface area contributed by atoms with E-state index >= 15 is 0 Å². The normalized spacial score (nSPS) is 13.4. The van der Waals surface area contributed by atoms with Gasteiger partial charge in [0.15, 0.2) is 5.16 Å². The van der Waals surface area contributed by atoms with Crippen molar-refractivity contribution in [2.24, 2.45) is 0 Å². The van der Waals surface area contributed by atoms with Crippen LogP contribution in [0.1, 0.15) is 18.2 Å². The summed E-state index contributed by atoms with van der Waals surface area (Å²) in [5, 5.41) is 13.7. The summed E-state index contributed by atoms with van der Waals surface area (Å²) in [5.74, 6) is 0.560. The molecule has 108 valence electrons. The molecule has 0 bridgehead atoms. The van der Waals surface area contributed by atoms with Gasteiger partial charge < -0.3 is 0 Å². The zero-order chi connectivity index (χ0) is 15.1. The topological polar surface area (TPSA) is 61.6 Å². The largest absolute Gasteiger partial charge is 0.295 e. The van der Waals surface area contributed by atoms with Gasteiger partial charge in [0.05, 0.1) is 6.07 Å². The highest BCUT2D eigenvalue weighted by molar-refractivity contribution is 7.99. The lowest BCUT2D eigenvalue weighted by Gasteiger charge is -2.27. The van der Waals surface area contributed by atoms with Crippen molar-refractivity contribution in [3.63, 3.8) is 0 Å². The van der Waals surface area contributed by atoms with Crippen LogP contribution in [0.2, 0.25) is 0 Å². The van der Waals surface area contributed by atoms with E-state index < -0.39 is 5.54 Å². The van der Waals surface area contributed by atoms with Crippen molar-refractivity contribution in [1.29, 1.82) is 5.26 Å². The van der Waals surface area contributed by atoms with Crippen molar-refractivity contribution in [3.05, 3.63) is 53.9 Å². The smallest absolute Gasteiger partial charge is 0.187 e. The van der Waals surface area contributed by atoms with Gasteiger partial charge in [-0.25, -0.2) is 9.97 Å². The van der Waals surface area contributed by atoms with Crippen molar-refractivity contribution in [2.45, 2.75) is 24.5 Å². The molecule has 0 fully saturated rings. The van der Waals surface area contributed by atoms with Crippen LogP contribution in [0.25, 0.3) is 0 Å². The van der Waals surface area contributed by atoms with Gasteiger partial charge in [0, 0.05) is 17.6 Å². The maximum absolute atomic E-state index is 9.73. The molecule has 0 aliphatic rings. The molecule has 0 spiro atoms. The molecular weight excluding hydrogens is 280 g/mol. The quantitative estimate of drug-likeness (QED) is 0.656. The van der Waals surface area contributed by atoms with Crippen LogP contribution in [-0.2, 0) is 5.54 Å². The number of hydrogen-bond acceptors (Lipinski definition) is 5. The second-order valence-electron chi connectivity index (χ2n) is 4.68. The van der Waals surface area contributed by atoms with Crippen LogP contribution >= 0.6 is 11.8 Å². The third-order valence-corrected chi connectivity index (χ3v) is 4.16. The summed E-state index contributed by atoms with van der Waals surface area (Å²) >= 11 is 1.49. The number of thioether (sulfide) groups is 1. The Morgan fingerprint density at radius 3 is 2.67 bits per heavy atom. The Labute approximate surface area is 129 Å². The van der Waals surface area contributed by atoms with E-state index in [1.807, 2.05) is 50.2 Å². The summed E-state index contributed by atoms with van der Waals surface area (Å²) in [6.07, 6.45) is 1.74. The molecule has 1 atom stereocenters. The summed E-state index contributed by atoms with van der Waals surface area (Å²) < 4.78 is 0. The Hall–Kier alpha value is -1.90. The van der Waals surface area contributed by atoms with E-state index in [0.29, 0.717) is 10.9 Å². The summed E-state index contributed by atoms with van der Waals surface area (Å²) in [7, 11) is 0. The molecule has 4 nitrogen and oxygen atoms in total. The van der Waals surface area contributed by atoms with Gasteiger partial charge in [0.25, 0.3) is 0 Å². The van der Waals surface area contributed by atoms with Gasteiger partial charge >= 0.3 is 0 Å². The second kappa shape index (κ2) is 7.21. The van der Waals surface area contributed by atoms with E-state index in [1.165, 1.54) is 11.8 Å². The van der Waals surface area contributed by atoms with Gasteiger partial charge in [0.2, 0.25) is 0 Å². The summed E-state index contributed by atoms with van der Waals surface area (Å²) in [4.78, 5) is 8.62. The van der Waals surface area contributed by atoms with E-state index in [4.69, 9.17) is 0 Å². The molecule has 0 amide bonds. The van der Waals surface area contributed by atoms with Gasteiger partial charge in [0.1, 0.15) is 5.54 Å². The number of hydrogen-bond donors (Lipinski definition) is 1. The molecule has 0 aliphatic carbocycles. The SMILES string of the molecule is CCNC(C#N)(CSc1nccc(C)n1)c1ccccc1. The van der Waals surface area contributed by atoms with Gasteiger partial charge in [-0.1, -0.05) is 49.0 Å². The number of aromatic nitrogens is 2. The van der Waals surface area contributed by atoms with Gasteiger partial charge in [-0.15, -0.1) is 0 Å². The number of nitrogens with zero attached hydrogens (tertiary/aromatic N) is 3. The summed E-state index contributed by atoms with van der Waals surface area (Å²) in [6, 6.07) is 14.1. The van der Waals surface area contributed by atoms with Crippen LogP contribution in [0.5, 0.6) is 0 Å². The van der Waals surface area contributed by atoms with Crippen molar-refractivity contribution < 1.29 is 0 Å². The molecule has 0 saturated carbocycles. The van der Waals surface area contributed by atoms with E-state index in [0.717, 1.165) is 17.8 Å². The van der Waals surface area contributed by atoms with Crippen molar-refractivity contribution >= 4 is 11.8 Å². The highest BCUT2D eigenvalue weighted by Crippen LogP contribution is 2.27. The number of nitrogens with one attached hydrogen (secondary N) is 1. The zero-order valence-corrected chi connectivity index (χ0v) is 13.0. The number of benzene rings is 1. The average Bonchev–Trinajstić information content (AvgIpc) is 2.52. The van der Waals surface area contributed by atoms with Gasteiger partial charge in [-0.2, -0.15) is 5.26 Å². The third-order valence-electron chi connectivity index (χ3n) is 3.13. The first-order valence-electron chi connectivity index (χ1n) is 6.84. The van der Waals surface area contributed by atoms with Crippen LogP contribution in [0.4, 0.5) is 0 Å². The molecule has 1 N–H and O–H groups in total. The molecule has 21 heavy (non-hydrogen) atoms. The van der Waals surface area contributed by atoms with E-state index in [9.17, 15) is 5.26 Å². The fraction of sp³-hybridized carbons (Fsp3) is 0.312. The molecular formula is C16H18N4S. The van der Waals surface area contributed by atoms with Crippen LogP contribution in [-0.4, -0.2) is 22.3 Å². The molecule has 1 unspecified atom stereocenters. The fourth-order valence-corrected chi connectivity index (χ4v) is 3.09. The lowest BCUT2D eigenvalue weighted by molar-refractivity contribution is 0.490. The van der Waals surface area contributed by atoms with E-state index in [1.54, 1.807) is 6.20 Å². The fourth-order valence-electron chi connectivity index (χ4n) is 2.07. The minimum atomic E-state index is -0.728. The molecule has 0 aliphatic heterocycles. The van der Waals surface area contributed by atoms with Crippen molar-refractivity contribution in [3.8, 4) is 6.07 Å². The number of aryl methyl sites for hydroxylation is 1. The first-order valence-corrected chi connectivity index (χ1v) is 7.83. The van der Waals surface area contributed by atoms with Gasteiger partial charge in [-0.3, -0.25) is 5.32 Å². The minimum absolute atomic E-state index is 0.560. The Kier molecular flexibility index (Phi) is 5.32. The highest BCUT2D eigenvalue weighted by atomic mass is 32.2. The number of rotatable bonds is 6. The molecule has 0 radical (unpaired) electrons. The lowest BCUT2D eigenvalue weighted by Crippen LogP contribution is -2.43. The molecule has 1 heterocycles. The standard InChI is InChI=1S/C16H18N4S/c1-3-19-16(11-17,14-7-5-4-6-8-14)12-21-15-18-10-9-13(2)20-15/h4-10,19H,3,12H2,1-2H3. The predicted octanol–water partition coefficient (Wildman–Crippen LogP) is 2.91. The van der Waals surface area contributed by atoms with Crippen molar-refractivity contribution in [2.75, 3.05) is 12.3 Å². The molecule has 1 aromatic heterocycles. The van der Waals surface area contributed by atoms with E-state index in [2.05, 4.69) is 21.4 Å². The first-order chi connectivity index (χ1) is 10.2. The molecule has 2 aromatic rings. The van der Waals surface area contributed by atoms with Crippen LogP contribution in [0, 0.1) is 18.3 Å². The maximum atomic E-state index is 9.73. The van der Waals surface area contributed by atoms with Crippen LogP contribution in [0.3, 0.4) is 0 Å². The number of nitriles is 1. The lowest BCUT2D eigenvalue weighted by atomic mass is 9.93. The average molecular weight is 298 g/mol. The third kappa shape index (κ3) is 3.81. The Balaban J connectivity index is 2.23. The van der Waals surface area contributed by atoms with Gasteiger partial charge in [-0.05, 0) is 25.1 Å².